The van der Waals surface area contributed by atoms with Crippen molar-refractivity contribution in [2.24, 2.45) is 0 Å². The van der Waals surface area contributed by atoms with Crippen LogP contribution in [0, 0.1) is 0 Å². The number of thiazole rings is 1. The van der Waals surface area contributed by atoms with Gasteiger partial charge in [-0.3, -0.25) is 14.3 Å². The third-order valence-corrected chi connectivity index (χ3v) is 9.24. The molecule has 0 atom stereocenters. The van der Waals surface area contributed by atoms with Crippen LogP contribution in [0.1, 0.15) is 16.0 Å². The second-order valence-electron chi connectivity index (χ2n) is 9.42. The summed E-state index contributed by atoms with van der Waals surface area (Å²) in [5.41, 5.74) is 0.937. The van der Waals surface area contributed by atoms with Crippen molar-refractivity contribution in [2.45, 2.75) is 25.7 Å². The van der Waals surface area contributed by atoms with Crippen molar-refractivity contribution in [3.05, 3.63) is 50.9 Å². The Kier molecular flexibility index (Phi) is 6.02. The summed E-state index contributed by atoms with van der Waals surface area (Å²) in [5, 5.41) is 1.54. The predicted molar refractivity (Wildman–Crippen MR) is 137 cm³/mol. The zero-order valence-corrected chi connectivity index (χ0v) is 21.3. The highest BCUT2D eigenvalue weighted by atomic mass is 32.1. The molecule has 190 valence electrons. The lowest BCUT2D eigenvalue weighted by Gasteiger charge is -2.34. The van der Waals surface area contributed by atoms with Gasteiger partial charge < -0.3 is 9.80 Å². The monoisotopic (exact) mass is 534 g/mol. The molecule has 2 aliphatic rings. The largest absolute Gasteiger partial charge is 0.416 e. The zero-order chi connectivity index (χ0) is 25.0. The second-order valence-corrected chi connectivity index (χ2v) is 11.5. The number of thiophene rings is 1. The van der Waals surface area contributed by atoms with Crippen LogP contribution in [0.15, 0.2) is 29.3 Å². The molecule has 0 saturated carbocycles. The van der Waals surface area contributed by atoms with E-state index in [-0.39, 0.29) is 5.56 Å². The molecule has 1 aromatic carbocycles. The summed E-state index contributed by atoms with van der Waals surface area (Å²) < 4.78 is 41.6. The van der Waals surface area contributed by atoms with Crippen LogP contribution in [-0.4, -0.2) is 70.7 Å². The Morgan fingerprint density at radius 3 is 2.64 bits per heavy atom. The molecule has 1 saturated heterocycles. The first-order valence-electron chi connectivity index (χ1n) is 11.9. The fraction of sp³-hybridized carbons (Fsp3) is 0.458. The van der Waals surface area contributed by atoms with Gasteiger partial charge in [0.25, 0.3) is 5.56 Å². The summed E-state index contributed by atoms with van der Waals surface area (Å²) in [5.74, 6) is 0. The van der Waals surface area contributed by atoms with Gasteiger partial charge in [-0.15, -0.1) is 11.3 Å². The highest BCUT2D eigenvalue weighted by Gasteiger charge is 2.31. The average Bonchev–Trinajstić information content (AvgIpc) is 3.44. The van der Waals surface area contributed by atoms with Gasteiger partial charge in [0.2, 0.25) is 0 Å². The number of piperazine rings is 1. The molecule has 1 fully saturated rings. The Morgan fingerprint density at radius 1 is 1.06 bits per heavy atom. The van der Waals surface area contributed by atoms with Gasteiger partial charge in [0.15, 0.2) is 5.13 Å². The Balaban J connectivity index is 1.10. The van der Waals surface area contributed by atoms with Crippen molar-refractivity contribution in [2.75, 3.05) is 51.2 Å². The summed E-state index contributed by atoms with van der Waals surface area (Å²) in [7, 11) is 2.10. The number of anilines is 1. The van der Waals surface area contributed by atoms with Crippen LogP contribution >= 0.6 is 22.7 Å². The van der Waals surface area contributed by atoms with Gasteiger partial charge in [-0.05, 0) is 37.2 Å². The maximum atomic E-state index is 13.2. The van der Waals surface area contributed by atoms with Crippen LogP contribution in [-0.2, 0) is 25.7 Å². The molecule has 12 heteroatoms. The standard InChI is InChI=1S/C24H25F3N6OS2/c1-30-5-4-16-19(13-30)35-21-20(16)22(34)33(14-28-21)11-8-31-6-9-32(10-7-31)23-29-17-12-15(24(25,26)27)2-3-18(17)36-23/h2-3,12,14H,4-11,13H2,1H3. The minimum Gasteiger partial charge on any atom is -0.345 e. The van der Waals surface area contributed by atoms with Crippen LogP contribution < -0.4 is 10.5 Å². The quantitative estimate of drug-likeness (QED) is 0.396. The summed E-state index contributed by atoms with van der Waals surface area (Å²) in [6.45, 7) is 6.22. The van der Waals surface area contributed by atoms with Crippen molar-refractivity contribution in [1.82, 2.24) is 24.3 Å². The molecule has 2 aliphatic heterocycles. The SMILES string of the molecule is CN1CCc2c(sc3ncn(CCN4CCN(c5nc6cc(C(F)(F)F)ccc6s5)CC4)c(=O)c23)C1. The highest BCUT2D eigenvalue weighted by Crippen LogP contribution is 2.35. The number of hydrogen-bond acceptors (Lipinski definition) is 8. The topological polar surface area (TPSA) is 57.5 Å². The summed E-state index contributed by atoms with van der Waals surface area (Å²) >= 11 is 3.05. The maximum Gasteiger partial charge on any atom is 0.416 e. The zero-order valence-electron chi connectivity index (χ0n) is 19.7. The molecule has 4 aromatic rings. The molecule has 0 aliphatic carbocycles. The third-order valence-electron chi connectivity index (χ3n) is 7.02. The molecule has 7 nitrogen and oxygen atoms in total. The molecular formula is C24H25F3N6OS2. The van der Waals surface area contributed by atoms with Gasteiger partial charge in [0.05, 0.1) is 27.5 Å². The van der Waals surface area contributed by atoms with Crippen LogP contribution in [0.5, 0.6) is 0 Å². The molecule has 3 aromatic heterocycles. The lowest BCUT2D eigenvalue weighted by atomic mass is 10.1. The van der Waals surface area contributed by atoms with Gasteiger partial charge in [-0.2, -0.15) is 13.2 Å². The molecule has 0 N–H and O–H groups in total. The number of rotatable bonds is 4. The normalized spacial score (nSPS) is 17.8. The number of likely N-dealkylation sites (N-methyl/N-ethyl adjacent to an activating group) is 1. The summed E-state index contributed by atoms with van der Waals surface area (Å²) in [6, 6.07) is 3.73. The summed E-state index contributed by atoms with van der Waals surface area (Å²) in [4.78, 5) is 31.1. The molecule has 36 heavy (non-hydrogen) atoms. The number of hydrogen-bond donors (Lipinski definition) is 0. The molecule has 6 rings (SSSR count). The molecule has 0 spiro atoms. The van der Waals surface area contributed by atoms with Gasteiger partial charge in [0.1, 0.15) is 4.83 Å². The Labute approximate surface area is 213 Å². The fourth-order valence-electron chi connectivity index (χ4n) is 4.94. The molecule has 5 heterocycles. The first-order valence-corrected chi connectivity index (χ1v) is 13.5. The average molecular weight is 535 g/mol. The minimum absolute atomic E-state index is 0.0494. The van der Waals surface area contributed by atoms with E-state index in [2.05, 4.69) is 31.7 Å². The van der Waals surface area contributed by atoms with E-state index < -0.39 is 11.7 Å². The first-order chi connectivity index (χ1) is 17.3. The Hall–Kier alpha value is -2.54. The van der Waals surface area contributed by atoms with E-state index in [1.54, 1.807) is 22.2 Å². The molecule has 0 unspecified atom stereocenters. The summed E-state index contributed by atoms with van der Waals surface area (Å²) in [6.07, 6.45) is -1.81. The Bertz CT molecular complexity index is 1490. The van der Waals surface area contributed by atoms with Crippen LogP contribution in [0.2, 0.25) is 0 Å². The van der Waals surface area contributed by atoms with Crippen LogP contribution in [0.3, 0.4) is 0 Å². The van der Waals surface area contributed by atoms with Gasteiger partial charge in [0, 0.05) is 57.2 Å². The number of halogens is 3. The Morgan fingerprint density at radius 2 is 1.86 bits per heavy atom. The molecule has 0 radical (unpaired) electrons. The van der Waals surface area contributed by atoms with E-state index in [0.717, 1.165) is 84.4 Å². The highest BCUT2D eigenvalue weighted by molar-refractivity contribution is 7.22. The maximum absolute atomic E-state index is 13.2. The van der Waals surface area contributed by atoms with E-state index in [1.165, 1.54) is 27.8 Å². The lowest BCUT2D eigenvalue weighted by molar-refractivity contribution is -0.137. The number of nitrogens with zero attached hydrogens (tertiary/aromatic N) is 6. The van der Waals surface area contributed by atoms with Gasteiger partial charge in [-0.1, -0.05) is 11.3 Å². The third kappa shape index (κ3) is 4.40. The smallest absolute Gasteiger partial charge is 0.345 e. The number of fused-ring (bicyclic) bond motifs is 4. The predicted octanol–water partition coefficient (Wildman–Crippen LogP) is 3.90. The van der Waals surface area contributed by atoms with Crippen LogP contribution in [0.4, 0.5) is 18.3 Å². The van der Waals surface area contributed by atoms with Crippen LogP contribution in [0.25, 0.3) is 20.4 Å². The van der Waals surface area contributed by atoms with Crippen molar-refractivity contribution < 1.29 is 13.2 Å². The van der Waals surface area contributed by atoms with Gasteiger partial charge in [-0.25, -0.2) is 9.97 Å². The molecule has 0 amide bonds. The molecular weight excluding hydrogens is 509 g/mol. The number of benzene rings is 1. The van der Waals surface area contributed by atoms with Crippen molar-refractivity contribution in [3.8, 4) is 0 Å². The van der Waals surface area contributed by atoms with Gasteiger partial charge >= 0.3 is 6.18 Å². The van der Waals surface area contributed by atoms with E-state index >= 15 is 0 Å². The first kappa shape index (κ1) is 23.8. The van der Waals surface area contributed by atoms with E-state index in [0.29, 0.717) is 12.1 Å². The fourth-order valence-corrected chi connectivity index (χ4v) is 7.20. The van der Waals surface area contributed by atoms with E-state index in [4.69, 9.17) is 0 Å². The van der Waals surface area contributed by atoms with E-state index in [9.17, 15) is 18.0 Å². The van der Waals surface area contributed by atoms with Crippen molar-refractivity contribution in [3.63, 3.8) is 0 Å². The number of alkyl halides is 3. The molecule has 0 bridgehead atoms. The van der Waals surface area contributed by atoms with Crippen molar-refractivity contribution >= 4 is 48.2 Å². The second kappa shape index (κ2) is 9.09. The van der Waals surface area contributed by atoms with E-state index in [1.807, 2.05) is 0 Å². The lowest BCUT2D eigenvalue weighted by Crippen LogP contribution is -2.47. The van der Waals surface area contributed by atoms with Crippen molar-refractivity contribution in [1.29, 1.82) is 0 Å². The number of aromatic nitrogens is 3. The minimum atomic E-state index is -4.37.